The lowest BCUT2D eigenvalue weighted by molar-refractivity contribution is 0.282. The normalized spacial score (nSPS) is 13.8. The molecule has 0 atom stereocenters. The number of hydrogen-bond acceptors (Lipinski definition) is 3. The Labute approximate surface area is 163 Å². The first-order valence-electron chi connectivity index (χ1n) is 8.43. The summed E-state index contributed by atoms with van der Waals surface area (Å²) in [6.45, 7) is 4.63. The zero-order valence-electron chi connectivity index (χ0n) is 14.5. The Morgan fingerprint density at radius 3 is 2.48 bits per heavy atom. The Balaban J connectivity index is 1.79. The predicted octanol–water partition coefficient (Wildman–Crippen LogP) is 5.12. The van der Waals surface area contributed by atoms with Gasteiger partial charge in [0.15, 0.2) is 11.5 Å². The van der Waals surface area contributed by atoms with E-state index in [0.29, 0.717) is 18.1 Å². The van der Waals surface area contributed by atoms with Crippen LogP contribution in [0.25, 0.3) is 0 Å². The lowest BCUT2D eigenvalue weighted by Gasteiger charge is -2.20. The maximum Gasteiger partial charge on any atom is 0.175 e. The second-order valence-corrected chi connectivity index (χ2v) is 7.50. The molecule has 1 aliphatic heterocycles. The standard InChI is InChI=1S/C20H22BrNO2S/c1-14-5-7-15(8-6-14)13-24-19-17(21)11-16(12-18(19)23-2)20(25)22-9-3-4-10-22/h5-8,11-12H,3-4,9-10,13H2,1-2H3. The number of hydrogen-bond donors (Lipinski definition) is 0. The summed E-state index contributed by atoms with van der Waals surface area (Å²) >= 11 is 9.27. The molecule has 3 rings (SSSR count). The van der Waals surface area contributed by atoms with Crippen LogP contribution in [0.1, 0.15) is 29.5 Å². The van der Waals surface area contributed by atoms with Gasteiger partial charge in [-0.25, -0.2) is 0 Å². The number of halogens is 1. The van der Waals surface area contributed by atoms with Crippen LogP contribution in [0.15, 0.2) is 40.9 Å². The van der Waals surface area contributed by atoms with Gasteiger partial charge in [0.25, 0.3) is 0 Å². The van der Waals surface area contributed by atoms with Gasteiger partial charge >= 0.3 is 0 Å². The number of likely N-dealkylation sites (tertiary alicyclic amines) is 1. The van der Waals surface area contributed by atoms with Crippen molar-refractivity contribution in [2.24, 2.45) is 0 Å². The molecule has 0 spiro atoms. The Bertz CT molecular complexity index is 755. The summed E-state index contributed by atoms with van der Waals surface area (Å²) < 4.78 is 12.4. The predicted molar refractivity (Wildman–Crippen MR) is 109 cm³/mol. The summed E-state index contributed by atoms with van der Waals surface area (Å²) in [5.41, 5.74) is 3.35. The smallest absolute Gasteiger partial charge is 0.175 e. The Morgan fingerprint density at radius 1 is 1.16 bits per heavy atom. The van der Waals surface area contributed by atoms with E-state index in [1.54, 1.807) is 7.11 Å². The maximum atomic E-state index is 6.02. The van der Waals surface area contributed by atoms with Gasteiger partial charge in [0.2, 0.25) is 0 Å². The third-order valence-electron chi connectivity index (χ3n) is 4.37. The minimum atomic E-state index is 0.491. The van der Waals surface area contributed by atoms with Gasteiger partial charge in [0.1, 0.15) is 11.6 Å². The zero-order chi connectivity index (χ0) is 17.8. The van der Waals surface area contributed by atoms with Crippen molar-refractivity contribution < 1.29 is 9.47 Å². The fourth-order valence-electron chi connectivity index (χ4n) is 2.93. The van der Waals surface area contributed by atoms with Gasteiger partial charge in [-0.3, -0.25) is 0 Å². The maximum absolute atomic E-state index is 6.02. The molecule has 0 unspecified atom stereocenters. The molecule has 132 valence electrons. The molecule has 0 saturated carbocycles. The van der Waals surface area contributed by atoms with E-state index in [0.717, 1.165) is 33.7 Å². The van der Waals surface area contributed by atoms with Crippen molar-refractivity contribution in [1.82, 2.24) is 4.90 Å². The lowest BCUT2D eigenvalue weighted by Crippen LogP contribution is -2.26. The minimum Gasteiger partial charge on any atom is -0.493 e. The molecule has 0 radical (unpaired) electrons. The SMILES string of the molecule is COc1cc(C(=S)N2CCCC2)cc(Br)c1OCc1ccc(C)cc1. The molecule has 3 nitrogen and oxygen atoms in total. The number of rotatable bonds is 5. The average molecular weight is 420 g/mol. The molecule has 1 heterocycles. The monoisotopic (exact) mass is 419 g/mol. The second-order valence-electron chi connectivity index (χ2n) is 6.26. The minimum absolute atomic E-state index is 0.491. The van der Waals surface area contributed by atoms with Crippen LogP contribution in [0.5, 0.6) is 11.5 Å². The molecule has 25 heavy (non-hydrogen) atoms. The van der Waals surface area contributed by atoms with E-state index < -0.39 is 0 Å². The van der Waals surface area contributed by atoms with Crippen molar-refractivity contribution >= 4 is 33.1 Å². The van der Waals surface area contributed by atoms with Crippen LogP contribution in [-0.4, -0.2) is 30.1 Å². The molecule has 0 amide bonds. The molecule has 1 saturated heterocycles. The third kappa shape index (κ3) is 4.33. The van der Waals surface area contributed by atoms with Crippen molar-refractivity contribution in [3.63, 3.8) is 0 Å². The molecule has 0 bridgehead atoms. The summed E-state index contributed by atoms with van der Waals surface area (Å²) in [6.07, 6.45) is 2.41. The van der Waals surface area contributed by atoms with Gasteiger partial charge < -0.3 is 14.4 Å². The molecule has 0 aromatic heterocycles. The molecule has 0 N–H and O–H groups in total. The van der Waals surface area contributed by atoms with E-state index in [2.05, 4.69) is 52.0 Å². The Kier molecular flexibility index (Phi) is 5.97. The van der Waals surface area contributed by atoms with Crippen LogP contribution in [0.2, 0.25) is 0 Å². The summed E-state index contributed by atoms with van der Waals surface area (Å²) in [7, 11) is 1.66. The number of nitrogens with zero attached hydrogens (tertiary/aromatic N) is 1. The van der Waals surface area contributed by atoms with E-state index >= 15 is 0 Å². The van der Waals surface area contributed by atoms with Gasteiger partial charge in [-0.2, -0.15) is 0 Å². The summed E-state index contributed by atoms with van der Waals surface area (Å²) in [4.78, 5) is 3.13. The van der Waals surface area contributed by atoms with Crippen molar-refractivity contribution in [1.29, 1.82) is 0 Å². The highest BCUT2D eigenvalue weighted by molar-refractivity contribution is 9.10. The zero-order valence-corrected chi connectivity index (χ0v) is 17.0. The summed E-state index contributed by atoms with van der Waals surface area (Å²) in [6, 6.07) is 12.3. The van der Waals surface area contributed by atoms with Crippen LogP contribution >= 0.6 is 28.1 Å². The molecule has 2 aromatic rings. The summed E-state index contributed by atoms with van der Waals surface area (Å²) in [5, 5.41) is 0. The van der Waals surface area contributed by atoms with E-state index in [4.69, 9.17) is 21.7 Å². The summed E-state index contributed by atoms with van der Waals surface area (Å²) in [5.74, 6) is 1.40. The third-order valence-corrected chi connectivity index (χ3v) is 5.46. The second kappa shape index (κ2) is 8.19. The Morgan fingerprint density at radius 2 is 1.84 bits per heavy atom. The van der Waals surface area contributed by atoms with Crippen LogP contribution in [0.4, 0.5) is 0 Å². The van der Waals surface area contributed by atoms with Gasteiger partial charge in [0.05, 0.1) is 11.6 Å². The Hall–Kier alpha value is -1.59. The first kappa shape index (κ1) is 18.2. The fourth-order valence-corrected chi connectivity index (χ4v) is 3.78. The van der Waals surface area contributed by atoms with E-state index in [9.17, 15) is 0 Å². The highest BCUT2D eigenvalue weighted by atomic mass is 79.9. The largest absolute Gasteiger partial charge is 0.493 e. The van der Waals surface area contributed by atoms with Crippen LogP contribution in [-0.2, 0) is 6.61 Å². The molecular formula is C20H22BrNO2S. The highest BCUT2D eigenvalue weighted by Crippen LogP contribution is 2.37. The molecule has 2 aromatic carbocycles. The van der Waals surface area contributed by atoms with E-state index in [1.807, 2.05) is 12.1 Å². The number of ether oxygens (including phenoxy) is 2. The van der Waals surface area contributed by atoms with Crippen molar-refractivity contribution in [3.05, 3.63) is 57.6 Å². The number of benzene rings is 2. The van der Waals surface area contributed by atoms with Crippen LogP contribution < -0.4 is 9.47 Å². The fraction of sp³-hybridized carbons (Fsp3) is 0.350. The van der Waals surface area contributed by atoms with Gasteiger partial charge in [-0.05, 0) is 53.4 Å². The van der Waals surface area contributed by atoms with Crippen molar-refractivity contribution in [2.75, 3.05) is 20.2 Å². The average Bonchev–Trinajstić information content (AvgIpc) is 3.15. The first-order valence-corrected chi connectivity index (χ1v) is 9.64. The lowest BCUT2D eigenvalue weighted by atomic mass is 10.1. The van der Waals surface area contributed by atoms with Crippen molar-refractivity contribution in [3.8, 4) is 11.5 Å². The number of methoxy groups -OCH3 is 1. The van der Waals surface area contributed by atoms with E-state index in [-0.39, 0.29) is 0 Å². The van der Waals surface area contributed by atoms with Gasteiger partial charge in [-0.1, -0.05) is 42.0 Å². The molecular weight excluding hydrogens is 398 g/mol. The molecule has 0 aliphatic carbocycles. The number of aryl methyl sites for hydroxylation is 1. The first-order chi connectivity index (χ1) is 12.1. The number of thiocarbonyl (C=S) groups is 1. The molecule has 5 heteroatoms. The molecule has 1 aliphatic rings. The van der Waals surface area contributed by atoms with Gasteiger partial charge in [0, 0.05) is 18.7 Å². The topological polar surface area (TPSA) is 21.7 Å². The molecule has 1 fully saturated rings. The van der Waals surface area contributed by atoms with E-state index in [1.165, 1.54) is 18.4 Å². The van der Waals surface area contributed by atoms with Gasteiger partial charge in [-0.15, -0.1) is 0 Å². The highest BCUT2D eigenvalue weighted by Gasteiger charge is 2.19. The quantitative estimate of drug-likeness (QED) is 0.627. The van der Waals surface area contributed by atoms with Crippen LogP contribution in [0.3, 0.4) is 0 Å². The van der Waals surface area contributed by atoms with Crippen LogP contribution in [0, 0.1) is 6.92 Å². The van der Waals surface area contributed by atoms with Crippen molar-refractivity contribution in [2.45, 2.75) is 26.4 Å².